The topological polar surface area (TPSA) is 69.6 Å². The van der Waals surface area contributed by atoms with Gasteiger partial charge < -0.3 is 15.5 Å². The summed E-state index contributed by atoms with van der Waals surface area (Å²) in [5, 5.41) is 23.4. The SMILES string of the molecule is O=C(NCc1ccc(O)cc1)C(O)(c1ccccc1)c1ccccc1. The molecule has 25 heavy (non-hydrogen) atoms. The van der Waals surface area contributed by atoms with E-state index in [-0.39, 0.29) is 12.3 Å². The van der Waals surface area contributed by atoms with E-state index in [1.54, 1.807) is 72.8 Å². The second-order valence-corrected chi connectivity index (χ2v) is 5.79. The third kappa shape index (κ3) is 3.54. The van der Waals surface area contributed by atoms with Crippen LogP contribution in [0.25, 0.3) is 0 Å². The smallest absolute Gasteiger partial charge is 0.261 e. The maximum Gasteiger partial charge on any atom is 0.261 e. The fourth-order valence-electron chi connectivity index (χ4n) is 2.71. The van der Waals surface area contributed by atoms with Gasteiger partial charge in [-0.25, -0.2) is 0 Å². The largest absolute Gasteiger partial charge is 0.508 e. The molecule has 0 aliphatic carbocycles. The quantitative estimate of drug-likeness (QED) is 0.672. The molecule has 0 aliphatic heterocycles. The van der Waals surface area contributed by atoms with Gasteiger partial charge in [0.1, 0.15) is 5.75 Å². The van der Waals surface area contributed by atoms with E-state index in [1.165, 1.54) is 0 Å². The fourth-order valence-corrected chi connectivity index (χ4v) is 2.71. The second-order valence-electron chi connectivity index (χ2n) is 5.79. The van der Waals surface area contributed by atoms with Crippen LogP contribution in [0.4, 0.5) is 0 Å². The van der Waals surface area contributed by atoms with Crippen molar-refractivity contribution in [1.82, 2.24) is 5.32 Å². The van der Waals surface area contributed by atoms with Crippen LogP contribution in [0.3, 0.4) is 0 Å². The molecule has 0 fully saturated rings. The van der Waals surface area contributed by atoms with Crippen molar-refractivity contribution in [1.29, 1.82) is 0 Å². The lowest BCUT2D eigenvalue weighted by atomic mass is 9.85. The van der Waals surface area contributed by atoms with E-state index in [0.717, 1.165) is 5.56 Å². The summed E-state index contributed by atoms with van der Waals surface area (Å²) in [7, 11) is 0. The average Bonchev–Trinajstić information content (AvgIpc) is 2.68. The molecule has 0 saturated heterocycles. The first kappa shape index (κ1) is 16.7. The summed E-state index contributed by atoms with van der Waals surface area (Å²) in [6, 6.07) is 24.3. The molecular formula is C21H19NO3. The third-order valence-electron chi connectivity index (χ3n) is 4.10. The minimum absolute atomic E-state index is 0.167. The Hall–Kier alpha value is -3.11. The van der Waals surface area contributed by atoms with Crippen LogP contribution in [0.5, 0.6) is 5.75 Å². The number of phenols is 1. The minimum Gasteiger partial charge on any atom is -0.508 e. The molecule has 0 heterocycles. The molecule has 0 aliphatic rings. The molecule has 0 bridgehead atoms. The van der Waals surface area contributed by atoms with Crippen molar-refractivity contribution < 1.29 is 15.0 Å². The summed E-state index contributed by atoms with van der Waals surface area (Å²) in [6.07, 6.45) is 0. The highest BCUT2D eigenvalue weighted by Crippen LogP contribution is 2.30. The van der Waals surface area contributed by atoms with Crippen LogP contribution in [0, 0.1) is 0 Å². The summed E-state index contributed by atoms with van der Waals surface area (Å²) in [6.45, 7) is 0.251. The molecule has 3 N–H and O–H groups in total. The first-order chi connectivity index (χ1) is 12.1. The van der Waals surface area contributed by atoms with Crippen LogP contribution in [0.2, 0.25) is 0 Å². The van der Waals surface area contributed by atoms with Gasteiger partial charge >= 0.3 is 0 Å². The summed E-state index contributed by atoms with van der Waals surface area (Å²) >= 11 is 0. The zero-order valence-corrected chi connectivity index (χ0v) is 13.6. The third-order valence-corrected chi connectivity index (χ3v) is 4.10. The molecule has 4 nitrogen and oxygen atoms in total. The zero-order chi connectivity index (χ0) is 17.7. The molecule has 0 saturated carbocycles. The Labute approximate surface area is 146 Å². The van der Waals surface area contributed by atoms with E-state index < -0.39 is 11.5 Å². The van der Waals surface area contributed by atoms with Crippen molar-refractivity contribution in [2.45, 2.75) is 12.1 Å². The number of hydrogen-bond donors (Lipinski definition) is 3. The number of nitrogens with one attached hydrogen (secondary N) is 1. The van der Waals surface area contributed by atoms with E-state index in [1.807, 2.05) is 12.1 Å². The van der Waals surface area contributed by atoms with Crippen molar-refractivity contribution in [2.75, 3.05) is 0 Å². The standard InChI is InChI=1S/C21H19NO3/c23-19-13-11-16(12-14-19)15-22-20(24)21(25,17-7-3-1-4-8-17)18-9-5-2-6-10-18/h1-14,23,25H,15H2,(H,22,24). The molecule has 3 rings (SSSR count). The van der Waals surface area contributed by atoms with Gasteiger partial charge in [-0.2, -0.15) is 0 Å². The molecule has 0 atom stereocenters. The summed E-state index contributed by atoms with van der Waals surface area (Å²) in [5.41, 5.74) is 0.0582. The van der Waals surface area contributed by atoms with Gasteiger partial charge in [-0.1, -0.05) is 72.8 Å². The van der Waals surface area contributed by atoms with Gasteiger partial charge in [-0.05, 0) is 28.8 Å². The Balaban J connectivity index is 1.89. The van der Waals surface area contributed by atoms with Gasteiger partial charge in [-0.15, -0.1) is 0 Å². The predicted octanol–water partition coefficient (Wildman–Crippen LogP) is 2.94. The molecule has 0 aromatic heterocycles. The summed E-state index contributed by atoms with van der Waals surface area (Å²) < 4.78 is 0. The molecule has 1 amide bonds. The van der Waals surface area contributed by atoms with Crippen LogP contribution in [0.1, 0.15) is 16.7 Å². The minimum atomic E-state index is -1.78. The number of rotatable bonds is 5. The highest BCUT2D eigenvalue weighted by Gasteiger charge is 2.39. The number of carbonyl (C=O) groups is 1. The molecule has 126 valence electrons. The lowest BCUT2D eigenvalue weighted by Gasteiger charge is -2.28. The highest BCUT2D eigenvalue weighted by atomic mass is 16.3. The van der Waals surface area contributed by atoms with Crippen molar-refractivity contribution in [2.24, 2.45) is 0 Å². The van der Waals surface area contributed by atoms with E-state index in [4.69, 9.17) is 0 Å². The summed E-state index contributed by atoms with van der Waals surface area (Å²) in [5.74, 6) is -0.335. The van der Waals surface area contributed by atoms with Crippen LogP contribution in [-0.4, -0.2) is 16.1 Å². The van der Waals surface area contributed by atoms with Gasteiger partial charge in [-0.3, -0.25) is 4.79 Å². The highest BCUT2D eigenvalue weighted by molar-refractivity contribution is 5.90. The number of amides is 1. The van der Waals surface area contributed by atoms with E-state index in [2.05, 4.69) is 5.32 Å². The van der Waals surface area contributed by atoms with Crippen molar-refractivity contribution in [3.05, 3.63) is 102 Å². The Morgan fingerprint density at radius 1 is 0.800 bits per heavy atom. The molecular weight excluding hydrogens is 314 g/mol. The van der Waals surface area contributed by atoms with E-state index in [0.29, 0.717) is 11.1 Å². The molecule has 3 aromatic rings. The predicted molar refractivity (Wildman–Crippen MR) is 95.8 cm³/mol. The van der Waals surface area contributed by atoms with Gasteiger partial charge in [0.05, 0.1) is 0 Å². The Morgan fingerprint density at radius 2 is 1.28 bits per heavy atom. The molecule has 0 spiro atoms. The van der Waals surface area contributed by atoms with Crippen molar-refractivity contribution >= 4 is 5.91 Å². The first-order valence-corrected chi connectivity index (χ1v) is 8.00. The number of aromatic hydroxyl groups is 1. The van der Waals surface area contributed by atoms with Crippen LogP contribution < -0.4 is 5.32 Å². The van der Waals surface area contributed by atoms with E-state index >= 15 is 0 Å². The fraction of sp³-hybridized carbons (Fsp3) is 0.0952. The van der Waals surface area contributed by atoms with Gasteiger partial charge in [0.15, 0.2) is 5.60 Å². The molecule has 4 heteroatoms. The molecule has 0 radical (unpaired) electrons. The number of aliphatic hydroxyl groups is 1. The van der Waals surface area contributed by atoms with Crippen LogP contribution in [0.15, 0.2) is 84.9 Å². The monoisotopic (exact) mass is 333 g/mol. The number of hydrogen-bond acceptors (Lipinski definition) is 3. The number of phenolic OH excluding ortho intramolecular Hbond substituents is 1. The Morgan fingerprint density at radius 3 is 1.76 bits per heavy atom. The number of carbonyl (C=O) groups excluding carboxylic acids is 1. The maximum atomic E-state index is 12.9. The Kier molecular flexibility index (Phi) is 4.82. The average molecular weight is 333 g/mol. The Bertz CT molecular complexity index is 791. The van der Waals surface area contributed by atoms with Crippen molar-refractivity contribution in [3.63, 3.8) is 0 Å². The van der Waals surface area contributed by atoms with Gasteiger partial charge in [0, 0.05) is 6.54 Å². The molecule has 3 aromatic carbocycles. The normalized spacial score (nSPS) is 11.1. The molecule has 0 unspecified atom stereocenters. The second kappa shape index (κ2) is 7.20. The van der Waals surface area contributed by atoms with Crippen molar-refractivity contribution in [3.8, 4) is 5.75 Å². The summed E-state index contributed by atoms with van der Waals surface area (Å²) in [4.78, 5) is 12.9. The van der Waals surface area contributed by atoms with Crippen LogP contribution in [-0.2, 0) is 16.9 Å². The van der Waals surface area contributed by atoms with Crippen LogP contribution >= 0.6 is 0 Å². The lowest BCUT2D eigenvalue weighted by molar-refractivity contribution is -0.136. The van der Waals surface area contributed by atoms with Gasteiger partial charge in [0.2, 0.25) is 0 Å². The lowest BCUT2D eigenvalue weighted by Crippen LogP contribution is -2.45. The van der Waals surface area contributed by atoms with Gasteiger partial charge in [0.25, 0.3) is 5.91 Å². The first-order valence-electron chi connectivity index (χ1n) is 8.00. The van der Waals surface area contributed by atoms with E-state index in [9.17, 15) is 15.0 Å². The zero-order valence-electron chi connectivity index (χ0n) is 13.6. The number of benzene rings is 3. The maximum absolute atomic E-state index is 12.9.